The van der Waals surface area contributed by atoms with E-state index < -0.39 is 13.3 Å². The van der Waals surface area contributed by atoms with E-state index in [-0.39, 0.29) is 36.5 Å². The molecule has 0 aliphatic carbocycles. The number of hydrogen-bond donors (Lipinski definition) is 2. The van der Waals surface area contributed by atoms with E-state index in [1.54, 1.807) is 0 Å². The topological polar surface area (TPSA) is 97.7 Å². The summed E-state index contributed by atoms with van der Waals surface area (Å²) in [4.78, 5) is 14.4. The third kappa shape index (κ3) is 5.10. The van der Waals surface area contributed by atoms with Crippen molar-refractivity contribution in [1.82, 2.24) is 4.90 Å². The second-order valence-corrected chi connectivity index (χ2v) is 9.32. The van der Waals surface area contributed by atoms with Gasteiger partial charge in [-0.25, -0.2) is 4.79 Å². The number of carbonyl (C=O) groups is 1. The molecule has 2 unspecified atom stereocenters. The summed E-state index contributed by atoms with van der Waals surface area (Å²) in [5.74, 6) is 0. The molecule has 158 valence electrons. The van der Waals surface area contributed by atoms with Gasteiger partial charge < -0.3 is 28.8 Å². The van der Waals surface area contributed by atoms with Crippen LogP contribution in [0, 0.1) is 0 Å². The molecule has 2 saturated heterocycles. The summed E-state index contributed by atoms with van der Waals surface area (Å²) in [5, 5.41) is 14.2. The Bertz CT molecular complexity index is 587. The van der Waals surface area contributed by atoms with Crippen LogP contribution in [0.4, 0.5) is 4.79 Å². The first kappa shape index (κ1) is 23.2. The lowest BCUT2D eigenvalue weighted by Crippen LogP contribution is -2.58. The van der Waals surface area contributed by atoms with Crippen LogP contribution in [0.3, 0.4) is 0 Å². The Morgan fingerprint density at radius 2 is 1.75 bits per heavy atom. The zero-order valence-corrected chi connectivity index (χ0v) is 18.0. The first-order chi connectivity index (χ1) is 12.8. The zero-order valence-electron chi connectivity index (χ0n) is 18.0. The number of nitrogens with zero attached hydrogens (tertiary/aromatic N) is 1. The molecular formula is C18H33B2NO7. The van der Waals surface area contributed by atoms with Crippen LogP contribution in [0.25, 0.3) is 0 Å². The Kier molecular flexibility index (Phi) is 6.93. The maximum atomic E-state index is 12.6. The van der Waals surface area contributed by atoms with Crippen LogP contribution >= 0.6 is 0 Å². The summed E-state index contributed by atoms with van der Waals surface area (Å²) in [7, 11) is -1.12. The van der Waals surface area contributed by atoms with Crippen molar-refractivity contribution in [2.75, 3.05) is 13.2 Å². The molecule has 0 radical (unpaired) electrons. The Morgan fingerprint density at radius 3 is 2.21 bits per heavy atom. The van der Waals surface area contributed by atoms with Gasteiger partial charge in [-0.05, 0) is 60.4 Å². The molecule has 0 aromatic carbocycles. The van der Waals surface area contributed by atoms with E-state index in [1.807, 2.05) is 53.4 Å². The number of morpholine rings is 1. The average molecular weight is 397 g/mol. The van der Waals surface area contributed by atoms with E-state index >= 15 is 0 Å². The molecule has 28 heavy (non-hydrogen) atoms. The fourth-order valence-electron chi connectivity index (χ4n) is 3.40. The van der Waals surface area contributed by atoms with Gasteiger partial charge in [-0.1, -0.05) is 6.08 Å². The highest BCUT2D eigenvalue weighted by Crippen LogP contribution is 2.41. The predicted molar refractivity (Wildman–Crippen MR) is 107 cm³/mol. The highest BCUT2D eigenvalue weighted by atomic mass is 16.7. The first-order valence-corrected chi connectivity index (χ1v) is 9.68. The molecule has 8 nitrogen and oxygen atoms in total. The minimum absolute atomic E-state index is 0.0485. The van der Waals surface area contributed by atoms with Gasteiger partial charge in [0.05, 0.1) is 36.5 Å². The lowest BCUT2D eigenvalue weighted by Gasteiger charge is -2.44. The Morgan fingerprint density at radius 1 is 1.21 bits per heavy atom. The zero-order chi connectivity index (χ0) is 21.3. The summed E-state index contributed by atoms with van der Waals surface area (Å²) in [6.45, 7) is 14.8. The van der Waals surface area contributed by atoms with E-state index in [9.17, 15) is 4.79 Å². The highest BCUT2D eigenvalue weighted by molar-refractivity contribution is 6.54. The number of ether oxygens (including phenoxy) is 2. The summed E-state index contributed by atoms with van der Waals surface area (Å²) in [6.07, 6.45) is 2.45. The maximum absolute atomic E-state index is 12.6. The Balaban J connectivity index is 0.000000878. The summed E-state index contributed by atoms with van der Waals surface area (Å²) in [5.41, 5.74) is -0.155. The molecule has 3 heterocycles. The van der Waals surface area contributed by atoms with Crippen molar-refractivity contribution in [1.29, 1.82) is 0 Å². The molecule has 2 atom stereocenters. The van der Waals surface area contributed by atoms with Crippen molar-refractivity contribution in [2.24, 2.45) is 0 Å². The van der Waals surface area contributed by atoms with Gasteiger partial charge in [0.2, 0.25) is 0 Å². The average Bonchev–Trinajstić information content (AvgIpc) is 2.73. The van der Waals surface area contributed by atoms with Crippen molar-refractivity contribution in [3.05, 3.63) is 11.5 Å². The third-order valence-electron chi connectivity index (χ3n) is 5.39. The lowest BCUT2D eigenvalue weighted by atomic mass is 9.71. The van der Waals surface area contributed by atoms with E-state index in [2.05, 4.69) is 6.08 Å². The Labute approximate surface area is 168 Å². The number of amides is 1. The third-order valence-corrected chi connectivity index (χ3v) is 5.39. The van der Waals surface area contributed by atoms with Crippen LogP contribution in [-0.2, 0) is 18.8 Å². The molecule has 2 fully saturated rings. The normalized spacial score (nSPS) is 28.1. The van der Waals surface area contributed by atoms with Gasteiger partial charge in [-0.15, -0.1) is 0 Å². The smallest absolute Gasteiger partial charge is 0.444 e. The molecule has 2 bridgehead atoms. The van der Waals surface area contributed by atoms with Crippen molar-refractivity contribution < 1.29 is 33.6 Å². The van der Waals surface area contributed by atoms with E-state index in [0.29, 0.717) is 19.6 Å². The minimum Gasteiger partial charge on any atom is -0.444 e. The van der Waals surface area contributed by atoms with Crippen molar-refractivity contribution in [3.63, 3.8) is 0 Å². The molecule has 0 aromatic heterocycles. The second kappa shape index (κ2) is 8.36. The SMILES string of the molecule is CC(C)(C)OC(=O)N1C2C=C(B3OC(C)(C)C(C)(C)O3)CC1COC2.OBO. The lowest BCUT2D eigenvalue weighted by molar-refractivity contribution is -0.0531. The maximum Gasteiger partial charge on any atom is 0.490 e. The molecule has 10 heteroatoms. The molecule has 3 aliphatic heterocycles. The Hall–Kier alpha value is -1.06. The quantitative estimate of drug-likeness (QED) is 0.642. The van der Waals surface area contributed by atoms with Crippen LogP contribution in [0.2, 0.25) is 0 Å². The van der Waals surface area contributed by atoms with Crippen molar-refractivity contribution >= 4 is 20.9 Å². The predicted octanol–water partition coefficient (Wildman–Crippen LogP) is 1.19. The summed E-state index contributed by atoms with van der Waals surface area (Å²) >= 11 is 0. The minimum atomic E-state index is -0.750. The second-order valence-electron chi connectivity index (χ2n) is 9.32. The van der Waals surface area contributed by atoms with Crippen molar-refractivity contribution in [3.8, 4) is 0 Å². The molecule has 0 saturated carbocycles. The fourth-order valence-corrected chi connectivity index (χ4v) is 3.40. The van der Waals surface area contributed by atoms with Crippen LogP contribution in [0.1, 0.15) is 54.9 Å². The number of rotatable bonds is 1. The largest absolute Gasteiger partial charge is 0.490 e. The van der Waals surface area contributed by atoms with Gasteiger partial charge in [0.25, 0.3) is 0 Å². The molecule has 2 N–H and O–H groups in total. The van der Waals surface area contributed by atoms with Gasteiger partial charge in [-0.3, -0.25) is 4.90 Å². The van der Waals surface area contributed by atoms with Crippen LogP contribution in [0.15, 0.2) is 11.5 Å². The van der Waals surface area contributed by atoms with Gasteiger partial charge in [0.15, 0.2) is 0 Å². The van der Waals surface area contributed by atoms with Gasteiger partial charge >= 0.3 is 20.9 Å². The monoisotopic (exact) mass is 397 g/mol. The summed E-state index contributed by atoms with van der Waals surface area (Å²) < 4.78 is 23.6. The standard InChI is InChI=1S/C18H30BNO5.BH3O2/c1-16(2,3)23-15(21)20-13-8-12(9-14(20)11-22-10-13)19-24-17(4,5)18(6,7)25-19;2-1-3/h8,13-14H,9-11H2,1-7H3;1-3H. The number of carbonyl (C=O) groups excluding carboxylic acids is 1. The van der Waals surface area contributed by atoms with Crippen LogP contribution in [-0.4, -0.2) is 77.9 Å². The van der Waals surface area contributed by atoms with E-state index in [4.69, 9.17) is 28.8 Å². The fraction of sp³-hybridized carbons (Fsp3) is 0.833. The molecule has 0 spiro atoms. The van der Waals surface area contributed by atoms with E-state index in [1.165, 1.54) is 0 Å². The molecular weight excluding hydrogens is 364 g/mol. The van der Waals surface area contributed by atoms with Gasteiger partial charge in [0.1, 0.15) is 5.60 Å². The highest BCUT2D eigenvalue weighted by Gasteiger charge is 2.54. The number of hydrogen-bond acceptors (Lipinski definition) is 7. The molecule has 0 aromatic rings. The summed E-state index contributed by atoms with van der Waals surface area (Å²) in [6, 6.07) is -0.191. The first-order valence-electron chi connectivity index (χ1n) is 9.68. The van der Waals surface area contributed by atoms with Crippen molar-refractivity contribution in [2.45, 2.75) is 83.8 Å². The van der Waals surface area contributed by atoms with Gasteiger partial charge in [-0.2, -0.15) is 0 Å². The number of fused-ring (bicyclic) bond motifs is 2. The molecule has 3 rings (SSSR count). The molecule has 1 amide bonds. The van der Waals surface area contributed by atoms with Crippen LogP contribution in [0.5, 0.6) is 0 Å². The van der Waals surface area contributed by atoms with Gasteiger partial charge in [0, 0.05) is 0 Å². The van der Waals surface area contributed by atoms with E-state index in [0.717, 1.165) is 5.47 Å². The van der Waals surface area contributed by atoms with Crippen LogP contribution < -0.4 is 0 Å². The molecule has 3 aliphatic rings.